The second-order valence-electron chi connectivity index (χ2n) is 6.25. The summed E-state index contributed by atoms with van der Waals surface area (Å²) in [7, 11) is 0. The summed E-state index contributed by atoms with van der Waals surface area (Å²) in [6.45, 7) is 2.04. The van der Waals surface area contributed by atoms with E-state index in [0.717, 1.165) is 44.3 Å². The highest BCUT2D eigenvalue weighted by Crippen LogP contribution is 2.22. The number of halogens is 1. The zero-order valence-electron chi connectivity index (χ0n) is 13.2. The van der Waals surface area contributed by atoms with Crippen LogP contribution in [0.1, 0.15) is 24.8 Å². The number of aromatic nitrogens is 2. The van der Waals surface area contributed by atoms with Crippen LogP contribution in [-0.2, 0) is 17.8 Å². The third-order valence-corrected chi connectivity index (χ3v) is 4.50. The van der Waals surface area contributed by atoms with Crippen molar-refractivity contribution in [1.29, 1.82) is 0 Å². The summed E-state index contributed by atoms with van der Waals surface area (Å²) < 4.78 is 14.7. The standard InChI is InChI=1S/C18H22FN3O/c19-17-7-5-15(6-8-17)3-4-16-2-1-10-22(12-16)18(23)13-21-11-9-20-14-21/h5-9,11,14,16H,1-4,10,12-13H2. The zero-order chi connectivity index (χ0) is 16.1. The molecule has 122 valence electrons. The molecule has 1 fully saturated rings. The van der Waals surface area contributed by atoms with Crippen molar-refractivity contribution in [3.05, 3.63) is 54.4 Å². The predicted octanol–water partition coefficient (Wildman–Crippen LogP) is 2.89. The summed E-state index contributed by atoms with van der Waals surface area (Å²) in [6, 6.07) is 6.72. The van der Waals surface area contributed by atoms with Crippen molar-refractivity contribution in [2.24, 2.45) is 5.92 Å². The fourth-order valence-electron chi connectivity index (χ4n) is 3.19. The molecule has 1 atom stereocenters. The van der Waals surface area contributed by atoms with Crippen molar-refractivity contribution >= 4 is 5.91 Å². The second kappa shape index (κ2) is 7.40. The van der Waals surface area contributed by atoms with Gasteiger partial charge in [-0.3, -0.25) is 4.79 Å². The molecule has 0 spiro atoms. The molecule has 0 N–H and O–H groups in total. The first kappa shape index (κ1) is 15.7. The number of carbonyl (C=O) groups excluding carboxylic acids is 1. The van der Waals surface area contributed by atoms with Crippen LogP contribution in [0.15, 0.2) is 43.0 Å². The third kappa shape index (κ3) is 4.41. The number of piperidine rings is 1. The lowest BCUT2D eigenvalue weighted by atomic mass is 9.91. The van der Waals surface area contributed by atoms with Gasteiger partial charge in [0.05, 0.1) is 6.33 Å². The Morgan fingerprint density at radius 1 is 1.30 bits per heavy atom. The van der Waals surface area contributed by atoms with Gasteiger partial charge >= 0.3 is 0 Å². The molecule has 2 aromatic rings. The Balaban J connectivity index is 1.49. The van der Waals surface area contributed by atoms with E-state index in [2.05, 4.69) is 4.98 Å². The van der Waals surface area contributed by atoms with E-state index in [0.29, 0.717) is 12.5 Å². The SMILES string of the molecule is O=C(Cn1ccnc1)N1CCCC(CCc2ccc(F)cc2)C1. The van der Waals surface area contributed by atoms with Crippen LogP contribution >= 0.6 is 0 Å². The summed E-state index contributed by atoms with van der Waals surface area (Å²) in [5, 5.41) is 0. The third-order valence-electron chi connectivity index (χ3n) is 4.50. The molecule has 1 aliphatic rings. The maximum Gasteiger partial charge on any atom is 0.242 e. The topological polar surface area (TPSA) is 38.1 Å². The highest BCUT2D eigenvalue weighted by atomic mass is 19.1. The van der Waals surface area contributed by atoms with Gasteiger partial charge in [-0.15, -0.1) is 0 Å². The van der Waals surface area contributed by atoms with E-state index in [1.54, 1.807) is 12.5 Å². The fraction of sp³-hybridized carbons (Fsp3) is 0.444. The van der Waals surface area contributed by atoms with Crippen LogP contribution in [0.5, 0.6) is 0 Å². The molecule has 1 aromatic carbocycles. The average molecular weight is 315 g/mol. The average Bonchev–Trinajstić information content (AvgIpc) is 3.07. The Morgan fingerprint density at radius 3 is 2.87 bits per heavy atom. The number of nitrogens with zero attached hydrogens (tertiary/aromatic N) is 3. The number of amides is 1. The molecular formula is C18H22FN3O. The lowest BCUT2D eigenvalue weighted by Crippen LogP contribution is -2.41. The molecule has 23 heavy (non-hydrogen) atoms. The highest BCUT2D eigenvalue weighted by Gasteiger charge is 2.23. The summed E-state index contributed by atoms with van der Waals surface area (Å²) >= 11 is 0. The van der Waals surface area contributed by atoms with Crippen LogP contribution in [0.4, 0.5) is 4.39 Å². The summed E-state index contributed by atoms with van der Waals surface area (Å²) in [5.74, 6) is 0.498. The molecule has 5 heteroatoms. The normalized spacial score (nSPS) is 18.1. The lowest BCUT2D eigenvalue weighted by Gasteiger charge is -2.33. The van der Waals surface area contributed by atoms with E-state index < -0.39 is 0 Å². The summed E-state index contributed by atoms with van der Waals surface area (Å²) in [4.78, 5) is 18.3. The number of likely N-dealkylation sites (tertiary alicyclic amines) is 1. The number of aryl methyl sites for hydroxylation is 1. The molecule has 4 nitrogen and oxygen atoms in total. The van der Waals surface area contributed by atoms with Crippen molar-refractivity contribution in [2.45, 2.75) is 32.2 Å². The molecule has 1 amide bonds. The Hall–Kier alpha value is -2.17. The highest BCUT2D eigenvalue weighted by molar-refractivity contribution is 5.76. The van der Waals surface area contributed by atoms with Crippen molar-refractivity contribution in [3.63, 3.8) is 0 Å². The summed E-state index contributed by atoms with van der Waals surface area (Å²) in [5.41, 5.74) is 1.16. The largest absolute Gasteiger partial charge is 0.341 e. The minimum Gasteiger partial charge on any atom is -0.341 e. The van der Waals surface area contributed by atoms with Crippen molar-refractivity contribution in [2.75, 3.05) is 13.1 Å². The zero-order valence-corrected chi connectivity index (χ0v) is 13.2. The minimum atomic E-state index is -0.192. The molecule has 0 bridgehead atoms. The molecular weight excluding hydrogens is 293 g/mol. The number of benzene rings is 1. The maximum absolute atomic E-state index is 12.9. The van der Waals surface area contributed by atoms with E-state index in [4.69, 9.17) is 0 Å². The molecule has 1 saturated heterocycles. The molecule has 0 saturated carbocycles. The monoisotopic (exact) mass is 315 g/mol. The van der Waals surface area contributed by atoms with Crippen LogP contribution in [-0.4, -0.2) is 33.4 Å². The van der Waals surface area contributed by atoms with E-state index >= 15 is 0 Å². The Morgan fingerprint density at radius 2 is 2.13 bits per heavy atom. The van der Waals surface area contributed by atoms with Crippen LogP contribution in [0.25, 0.3) is 0 Å². The molecule has 1 aliphatic heterocycles. The smallest absolute Gasteiger partial charge is 0.242 e. The number of imidazole rings is 1. The number of carbonyl (C=O) groups is 1. The molecule has 0 radical (unpaired) electrons. The van der Waals surface area contributed by atoms with Gasteiger partial charge in [-0.1, -0.05) is 12.1 Å². The van der Waals surface area contributed by atoms with Crippen molar-refractivity contribution < 1.29 is 9.18 Å². The van der Waals surface area contributed by atoms with Gasteiger partial charge in [-0.25, -0.2) is 9.37 Å². The second-order valence-corrected chi connectivity index (χ2v) is 6.25. The minimum absolute atomic E-state index is 0.162. The van der Waals surface area contributed by atoms with Crippen LogP contribution in [0.3, 0.4) is 0 Å². The molecule has 0 aliphatic carbocycles. The van der Waals surface area contributed by atoms with Crippen molar-refractivity contribution in [1.82, 2.24) is 14.5 Å². The first-order chi connectivity index (χ1) is 11.2. The van der Waals surface area contributed by atoms with Gasteiger partial charge < -0.3 is 9.47 Å². The van der Waals surface area contributed by atoms with E-state index in [9.17, 15) is 9.18 Å². The summed E-state index contributed by atoms with van der Waals surface area (Å²) in [6.07, 6.45) is 9.38. The Labute approximate surface area is 135 Å². The van der Waals surface area contributed by atoms with E-state index in [1.807, 2.05) is 27.8 Å². The van der Waals surface area contributed by atoms with Crippen LogP contribution < -0.4 is 0 Å². The van der Waals surface area contributed by atoms with E-state index in [1.165, 1.54) is 12.1 Å². The first-order valence-corrected chi connectivity index (χ1v) is 8.18. The first-order valence-electron chi connectivity index (χ1n) is 8.18. The fourth-order valence-corrected chi connectivity index (χ4v) is 3.19. The Bertz CT molecular complexity index is 624. The van der Waals surface area contributed by atoms with Gasteiger partial charge in [0, 0.05) is 25.5 Å². The van der Waals surface area contributed by atoms with Gasteiger partial charge in [-0.05, 0) is 49.3 Å². The number of hydrogen-bond donors (Lipinski definition) is 0. The van der Waals surface area contributed by atoms with E-state index in [-0.39, 0.29) is 11.7 Å². The molecule has 3 rings (SSSR count). The Kier molecular flexibility index (Phi) is 5.05. The van der Waals surface area contributed by atoms with Gasteiger partial charge in [0.2, 0.25) is 5.91 Å². The molecule has 1 unspecified atom stereocenters. The van der Waals surface area contributed by atoms with Crippen LogP contribution in [0, 0.1) is 11.7 Å². The maximum atomic E-state index is 12.9. The molecule has 1 aromatic heterocycles. The van der Waals surface area contributed by atoms with Gasteiger partial charge in [0.25, 0.3) is 0 Å². The van der Waals surface area contributed by atoms with Gasteiger partial charge in [0.1, 0.15) is 12.4 Å². The van der Waals surface area contributed by atoms with Gasteiger partial charge in [-0.2, -0.15) is 0 Å². The van der Waals surface area contributed by atoms with Crippen molar-refractivity contribution in [3.8, 4) is 0 Å². The lowest BCUT2D eigenvalue weighted by molar-refractivity contribution is -0.133. The number of hydrogen-bond acceptors (Lipinski definition) is 2. The molecule has 2 heterocycles. The quantitative estimate of drug-likeness (QED) is 0.851. The number of rotatable bonds is 5. The van der Waals surface area contributed by atoms with Crippen LogP contribution in [0.2, 0.25) is 0 Å². The predicted molar refractivity (Wildman–Crippen MR) is 86.3 cm³/mol. The van der Waals surface area contributed by atoms with Gasteiger partial charge in [0.15, 0.2) is 0 Å².